The van der Waals surface area contributed by atoms with Crippen LogP contribution in [-0.2, 0) is 10.0 Å². The number of sulfonamides is 1. The molecule has 5 rings (SSSR count). The van der Waals surface area contributed by atoms with E-state index in [1.54, 1.807) is 18.3 Å². The zero-order chi connectivity index (χ0) is 23.2. The largest absolute Gasteiger partial charge is 0.365 e. The van der Waals surface area contributed by atoms with Gasteiger partial charge in [0.15, 0.2) is 0 Å². The average molecular weight is 465 g/mol. The number of hydrogen-bond acceptors (Lipinski definition) is 7. The number of aromatic nitrogens is 2. The second kappa shape index (κ2) is 8.31. The van der Waals surface area contributed by atoms with Gasteiger partial charge in [-0.1, -0.05) is 12.1 Å². The summed E-state index contributed by atoms with van der Waals surface area (Å²) < 4.78 is 25.3. The number of anilines is 4. The van der Waals surface area contributed by atoms with Crippen LogP contribution in [-0.4, -0.2) is 61.8 Å². The van der Waals surface area contributed by atoms with Gasteiger partial charge in [-0.3, -0.25) is 9.62 Å². The lowest BCUT2D eigenvalue weighted by Gasteiger charge is -2.34. The molecule has 0 spiro atoms. The Balaban J connectivity index is 1.30. The van der Waals surface area contributed by atoms with Crippen LogP contribution in [0.15, 0.2) is 54.7 Å². The van der Waals surface area contributed by atoms with Crippen molar-refractivity contribution in [3.63, 3.8) is 0 Å². The van der Waals surface area contributed by atoms with E-state index in [0.717, 1.165) is 36.3 Å². The molecule has 1 aromatic heterocycles. The molecule has 2 N–H and O–H groups in total. The second-order valence-corrected chi connectivity index (χ2v) is 10.7. The monoisotopic (exact) mass is 464 g/mol. The predicted octanol–water partition coefficient (Wildman–Crippen LogP) is 3.46. The molecular formula is C24H28N6O2S. The van der Waals surface area contributed by atoms with Crippen molar-refractivity contribution in [1.29, 1.82) is 0 Å². The van der Waals surface area contributed by atoms with Crippen molar-refractivity contribution < 1.29 is 8.42 Å². The van der Waals surface area contributed by atoms with Gasteiger partial charge in [0.05, 0.1) is 11.9 Å². The first-order chi connectivity index (χ1) is 15.7. The van der Waals surface area contributed by atoms with Gasteiger partial charge in [-0.2, -0.15) is 0 Å². The first-order valence-electron chi connectivity index (χ1n) is 11.0. The van der Waals surface area contributed by atoms with E-state index in [-0.39, 0.29) is 0 Å². The number of rotatable bonds is 6. The lowest BCUT2D eigenvalue weighted by atomic mass is 10.1. The molecule has 2 bridgehead atoms. The smallest absolute Gasteiger partial charge is 0.229 e. The number of piperazine rings is 1. The highest BCUT2D eigenvalue weighted by Crippen LogP contribution is 2.36. The lowest BCUT2D eigenvalue weighted by Crippen LogP contribution is -2.44. The summed E-state index contributed by atoms with van der Waals surface area (Å²) in [6.07, 6.45) is 4.10. The van der Waals surface area contributed by atoms with Crippen molar-refractivity contribution in [2.45, 2.75) is 25.4 Å². The van der Waals surface area contributed by atoms with Crippen molar-refractivity contribution in [3.8, 4) is 11.3 Å². The van der Waals surface area contributed by atoms with Crippen molar-refractivity contribution in [2.24, 2.45) is 0 Å². The van der Waals surface area contributed by atoms with Gasteiger partial charge in [-0.05, 0) is 62.4 Å². The third-order valence-electron chi connectivity index (χ3n) is 6.42. The summed E-state index contributed by atoms with van der Waals surface area (Å²) in [5, 5.41) is 3.32. The second-order valence-electron chi connectivity index (χ2n) is 8.98. The van der Waals surface area contributed by atoms with Crippen molar-refractivity contribution in [1.82, 2.24) is 14.9 Å². The fraction of sp³-hybridized carbons (Fsp3) is 0.333. The Labute approximate surface area is 194 Å². The molecule has 0 radical (unpaired) electrons. The molecule has 0 unspecified atom stereocenters. The number of likely N-dealkylation sites (N-methyl/N-ethyl adjacent to an activating group) is 1. The molecule has 2 aliphatic heterocycles. The van der Waals surface area contributed by atoms with E-state index in [9.17, 15) is 8.42 Å². The highest BCUT2D eigenvalue weighted by atomic mass is 32.2. The third-order valence-corrected chi connectivity index (χ3v) is 7.02. The number of benzene rings is 2. The van der Waals surface area contributed by atoms with Crippen LogP contribution in [0.1, 0.15) is 12.0 Å². The Morgan fingerprint density at radius 2 is 1.76 bits per heavy atom. The SMILES string of the molecule is Cc1cc(Nc2nccc(-c3ccc(NS(C)(=O)=O)cc3)n2)ccc1N1C[C@@H]2C[C@H]1CN2C. The van der Waals surface area contributed by atoms with Gasteiger partial charge in [0.25, 0.3) is 0 Å². The van der Waals surface area contributed by atoms with E-state index in [1.165, 1.54) is 17.7 Å². The molecule has 2 fully saturated rings. The number of nitrogens with one attached hydrogen (secondary N) is 2. The van der Waals surface area contributed by atoms with Gasteiger partial charge in [-0.15, -0.1) is 0 Å². The zero-order valence-electron chi connectivity index (χ0n) is 19.0. The molecule has 9 heteroatoms. The summed E-state index contributed by atoms with van der Waals surface area (Å²) >= 11 is 0. The Hall–Kier alpha value is -3.17. The fourth-order valence-corrected chi connectivity index (χ4v) is 5.41. The van der Waals surface area contributed by atoms with E-state index >= 15 is 0 Å². The Bertz CT molecular complexity index is 1280. The molecule has 172 valence electrons. The molecule has 0 aliphatic carbocycles. The summed E-state index contributed by atoms with van der Waals surface area (Å²) in [5.41, 5.74) is 5.63. The number of nitrogens with zero attached hydrogens (tertiary/aromatic N) is 4. The topological polar surface area (TPSA) is 90.5 Å². The van der Waals surface area contributed by atoms with Crippen molar-refractivity contribution in [3.05, 3.63) is 60.3 Å². The zero-order valence-corrected chi connectivity index (χ0v) is 19.8. The molecule has 2 aliphatic rings. The lowest BCUT2D eigenvalue weighted by molar-refractivity contribution is 0.292. The summed E-state index contributed by atoms with van der Waals surface area (Å²) in [5.74, 6) is 0.514. The Morgan fingerprint density at radius 1 is 1.00 bits per heavy atom. The highest BCUT2D eigenvalue weighted by molar-refractivity contribution is 7.92. The highest BCUT2D eigenvalue weighted by Gasteiger charge is 2.41. The van der Waals surface area contributed by atoms with Crippen LogP contribution in [0.5, 0.6) is 0 Å². The first kappa shape index (κ1) is 21.7. The summed E-state index contributed by atoms with van der Waals surface area (Å²) in [6.45, 7) is 4.38. The molecule has 3 aromatic rings. The third kappa shape index (κ3) is 4.65. The molecule has 8 nitrogen and oxygen atoms in total. The van der Waals surface area contributed by atoms with Gasteiger partial charge in [0.1, 0.15) is 0 Å². The minimum atomic E-state index is -3.30. The van der Waals surface area contributed by atoms with Crippen LogP contribution in [0.4, 0.5) is 23.0 Å². The maximum Gasteiger partial charge on any atom is 0.229 e. The molecular weight excluding hydrogens is 436 g/mol. The van der Waals surface area contributed by atoms with Crippen LogP contribution < -0.4 is 14.9 Å². The first-order valence-corrected chi connectivity index (χ1v) is 12.9. The van der Waals surface area contributed by atoms with E-state index in [4.69, 9.17) is 0 Å². The maximum atomic E-state index is 11.4. The van der Waals surface area contributed by atoms with E-state index in [0.29, 0.717) is 23.7 Å². The Morgan fingerprint density at radius 3 is 2.39 bits per heavy atom. The van der Waals surface area contributed by atoms with E-state index in [1.807, 2.05) is 18.2 Å². The fourth-order valence-electron chi connectivity index (χ4n) is 4.85. The Kier molecular flexibility index (Phi) is 5.46. The number of hydrogen-bond donors (Lipinski definition) is 2. The minimum absolute atomic E-state index is 0.514. The summed E-state index contributed by atoms with van der Waals surface area (Å²) in [4.78, 5) is 14.0. The van der Waals surface area contributed by atoms with Gasteiger partial charge >= 0.3 is 0 Å². The molecule has 3 heterocycles. The minimum Gasteiger partial charge on any atom is -0.365 e. The number of fused-ring (bicyclic) bond motifs is 2. The number of likely N-dealkylation sites (tertiary alicyclic amines) is 1. The van der Waals surface area contributed by atoms with Crippen LogP contribution in [0.2, 0.25) is 0 Å². The normalized spacial score (nSPS) is 20.3. The van der Waals surface area contributed by atoms with Crippen LogP contribution in [0, 0.1) is 6.92 Å². The molecule has 0 saturated carbocycles. The standard InChI is InChI=1S/C24H28N6O2S/c1-16-12-19(8-9-23(16)30-15-20-13-21(30)14-29(20)2)26-24-25-11-10-22(27-24)17-4-6-18(7-5-17)28-33(3,31)32/h4-12,20-21,28H,13-15H2,1-3H3,(H,25,26,27)/t20-,21-/m0/s1. The molecule has 2 aromatic carbocycles. The summed E-state index contributed by atoms with van der Waals surface area (Å²) in [6, 6.07) is 16.6. The predicted molar refractivity (Wildman–Crippen MR) is 133 cm³/mol. The van der Waals surface area contributed by atoms with Crippen LogP contribution in [0.3, 0.4) is 0 Å². The molecule has 2 saturated heterocycles. The van der Waals surface area contributed by atoms with Gasteiger partial charge < -0.3 is 10.2 Å². The molecule has 0 amide bonds. The molecule has 33 heavy (non-hydrogen) atoms. The van der Waals surface area contributed by atoms with Gasteiger partial charge in [0.2, 0.25) is 16.0 Å². The quantitative estimate of drug-likeness (QED) is 0.577. The molecule has 2 atom stereocenters. The van der Waals surface area contributed by atoms with Crippen molar-refractivity contribution in [2.75, 3.05) is 41.3 Å². The number of aryl methyl sites for hydroxylation is 1. The van der Waals surface area contributed by atoms with Crippen molar-refractivity contribution >= 4 is 33.0 Å². The summed E-state index contributed by atoms with van der Waals surface area (Å²) in [7, 11) is -1.08. The average Bonchev–Trinajstić information content (AvgIpc) is 3.33. The van der Waals surface area contributed by atoms with E-state index < -0.39 is 10.0 Å². The van der Waals surface area contributed by atoms with Crippen LogP contribution in [0.25, 0.3) is 11.3 Å². The van der Waals surface area contributed by atoms with E-state index in [2.05, 4.69) is 62.0 Å². The maximum absolute atomic E-state index is 11.4. The van der Waals surface area contributed by atoms with Gasteiger partial charge in [-0.25, -0.2) is 18.4 Å². The van der Waals surface area contributed by atoms with Crippen LogP contribution >= 0.6 is 0 Å². The van der Waals surface area contributed by atoms with Gasteiger partial charge in [0, 0.05) is 54.0 Å².